The fourth-order valence-electron chi connectivity index (χ4n) is 2.11. The standard InChI is InChI=1S/C15H17N.C4H11NO2/c1-2-16(15-11-7-4-8-12-15)13-14-9-5-3-6-10-14;6-3-1-5-2-4-7/h3-12H,2,13H2,1H3;5-7H,1-4H2. The molecule has 0 aromatic heterocycles. The maximum Gasteiger partial charge on any atom is 0.0555 e. The Morgan fingerprint density at radius 3 is 1.83 bits per heavy atom. The molecule has 0 radical (unpaired) electrons. The molecule has 0 amide bonds. The topological polar surface area (TPSA) is 55.7 Å². The summed E-state index contributed by atoms with van der Waals surface area (Å²) in [5.41, 5.74) is 2.64. The van der Waals surface area contributed by atoms with Gasteiger partial charge in [-0.3, -0.25) is 0 Å². The van der Waals surface area contributed by atoms with Crippen molar-refractivity contribution in [1.29, 1.82) is 0 Å². The van der Waals surface area contributed by atoms with Gasteiger partial charge in [0.25, 0.3) is 0 Å². The summed E-state index contributed by atoms with van der Waals surface area (Å²) in [6.45, 7) is 5.61. The van der Waals surface area contributed by atoms with E-state index in [4.69, 9.17) is 10.2 Å². The smallest absolute Gasteiger partial charge is 0.0555 e. The van der Waals surface area contributed by atoms with Gasteiger partial charge >= 0.3 is 0 Å². The Hall–Kier alpha value is -1.88. The SMILES string of the molecule is CCN(Cc1ccccc1)c1ccccc1.OCCNCCO. The molecule has 0 unspecified atom stereocenters. The molecule has 2 aromatic rings. The molecule has 2 aromatic carbocycles. The van der Waals surface area contributed by atoms with Gasteiger partial charge in [-0.1, -0.05) is 48.5 Å². The molecule has 0 fully saturated rings. The van der Waals surface area contributed by atoms with E-state index in [-0.39, 0.29) is 13.2 Å². The third-order valence-electron chi connectivity index (χ3n) is 3.30. The van der Waals surface area contributed by atoms with Gasteiger partial charge in [0.2, 0.25) is 0 Å². The minimum Gasteiger partial charge on any atom is -0.395 e. The number of aliphatic hydroxyl groups is 2. The maximum absolute atomic E-state index is 8.15. The summed E-state index contributed by atoms with van der Waals surface area (Å²) in [5.74, 6) is 0. The lowest BCUT2D eigenvalue weighted by Gasteiger charge is -2.23. The second-order valence-corrected chi connectivity index (χ2v) is 5.03. The lowest BCUT2D eigenvalue weighted by molar-refractivity contribution is 0.267. The van der Waals surface area contributed by atoms with Gasteiger partial charge in [-0.15, -0.1) is 0 Å². The van der Waals surface area contributed by atoms with Crippen LogP contribution in [0.4, 0.5) is 5.69 Å². The van der Waals surface area contributed by atoms with Crippen LogP contribution in [0, 0.1) is 0 Å². The monoisotopic (exact) mass is 316 g/mol. The predicted octanol–water partition coefficient (Wildman–Crippen LogP) is 2.27. The first-order valence-corrected chi connectivity index (χ1v) is 8.08. The first-order valence-electron chi connectivity index (χ1n) is 8.08. The summed E-state index contributed by atoms with van der Waals surface area (Å²) >= 11 is 0. The van der Waals surface area contributed by atoms with Gasteiger partial charge in [0.05, 0.1) is 13.2 Å². The highest BCUT2D eigenvalue weighted by molar-refractivity contribution is 5.46. The van der Waals surface area contributed by atoms with Gasteiger partial charge in [0.15, 0.2) is 0 Å². The normalized spacial score (nSPS) is 9.87. The lowest BCUT2D eigenvalue weighted by Crippen LogP contribution is -2.21. The Labute approximate surface area is 139 Å². The molecule has 2 rings (SSSR count). The third kappa shape index (κ3) is 8.35. The second-order valence-electron chi connectivity index (χ2n) is 5.03. The Balaban J connectivity index is 0.000000322. The van der Waals surface area contributed by atoms with Gasteiger partial charge in [-0.2, -0.15) is 0 Å². The first kappa shape index (κ1) is 19.2. The summed E-state index contributed by atoms with van der Waals surface area (Å²) < 4.78 is 0. The number of hydrogen-bond acceptors (Lipinski definition) is 4. The number of nitrogens with zero attached hydrogens (tertiary/aromatic N) is 1. The number of aliphatic hydroxyl groups excluding tert-OH is 2. The largest absolute Gasteiger partial charge is 0.395 e. The minimum atomic E-state index is 0.139. The first-order chi connectivity index (χ1) is 11.3. The Morgan fingerprint density at radius 1 is 0.826 bits per heavy atom. The molecule has 0 aliphatic rings. The number of benzene rings is 2. The van der Waals surface area contributed by atoms with Crippen LogP contribution in [0.15, 0.2) is 60.7 Å². The molecule has 4 heteroatoms. The minimum absolute atomic E-state index is 0.139. The molecule has 126 valence electrons. The van der Waals surface area contributed by atoms with Crippen molar-refractivity contribution in [1.82, 2.24) is 5.32 Å². The summed E-state index contributed by atoms with van der Waals surface area (Å²) in [6, 6.07) is 21.1. The van der Waals surface area contributed by atoms with Crippen molar-refractivity contribution < 1.29 is 10.2 Å². The number of nitrogens with one attached hydrogen (secondary N) is 1. The average molecular weight is 316 g/mol. The highest BCUT2D eigenvalue weighted by atomic mass is 16.3. The Morgan fingerprint density at radius 2 is 1.35 bits per heavy atom. The van der Waals surface area contributed by atoms with E-state index in [1.807, 2.05) is 0 Å². The lowest BCUT2D eigenvalue weighted by atomic mass is 10.2. The molecule has 0 aliphatic carbocycles. The van der Waals surface area contributed by atoms with Crippen molar-refractivity contribution in [2.75, 3.05) is 37.7 Å². The van der Waals surface area contributed by atoms with E-state index in [2.05, 4.69) is 77.8 Å². The van der Waals surface area contributed by atoms with Crippen LogP contribution in [0.1, 0.15) is 12.5 Å². The van der Waals surface area contributed by atoms with E-state index in [9.17, 15) is 0 Å². The molecular formula is C19H28N2O2. The fourth-order valence-corrected chi connectivity index (χ4v) is 2.11. The van der Waals surface area contributed by atoms with Crippen molar-refractivity contribution in [3.05, 3.63) is 66.2 Å². The molecule has 3 N–H and O–H groups in total. The highest BCUT2D eigenvalue weighted by Gasteiger charge is 2.03. The fraction of sp³-hybridized carbons (Fsp3) is 0.368. The van der Waals surface area contributed by atoms with E-state index < -0.39 is 0 Å². The molecule has 0 bridgehead atoms. The molecule has 4 nitrogen and oxygen atoms in total. The molecule has 0 heterocycles. The van der Waals surface area contributed by atoms with E-state index >= 15 is 0 Å². The number of rotatable bonds is 8. The molecule has 0 saturated heterocycles. The molecule has 0 aliphatic heterocycles. The second kappa shape index (κ2) is 12.6. The summed E-state index contributed by atoms with van der Waals surface area (Å²) in [7, 11) is 0. The Bertz CT molecular complexity index is 487. The van der Waals surface area contributed by atoms with E-state index in [0.717, 1.165) is 13.1 Å². The molecular weight excluding hydrogens is 288 g/mol. The van der Waals surface area contributed by atoms with Crippen molar-refractivity contribution >= 4 is 5.69 Å². The molecule has 0 spiro atoms. The van der Waals surface area contributed by atoms with Crippen LogP contribution in [-0.4, -0.2) is 43.1 Å². The zero-order valence-electron chi connectivity index (χ0n) is 13.9. The van der Waals surface area contributed by atoms with Crippen LogP contribution < -0.4 is 10.2 Å². The van der Waals surface area contributed by atoms with E-state index in [1.54, 1.807) is 0 Å². The van der Waals surface area contributed by atoms with Crippen LogP contribution in [0.2, 0.25) is 0 Å². The summed E-state index contributed by atoms with van der Waals surface area (Å²) in [6.07, 6.45) is 0. The average Bonchev–Trinajstić information content (AvgIpc) is 2.62. The highest BCUT2D eigenvalue weighted by Crippen LogP contribution is 2.15. The molecule has 0 atom stereocenters. The third-order valence-corrected chi connectivity index (χ3v) is 3.30. The van der Waals surface area contributed by atoms with Gasteiger partial charge in [0, 0.05) is 31.9 Å². The van der Waals surface area contributed by atoms with Crippen molar-refractivity contribution in [3.8, 4) is 0 Å². The van der Waals surface area contributed by atoms with Crippen molar-refractivity contribution in [3.63, 3.8) is 0 Å². The quantitative estimate of drug-likeness (QED) is 0.654. The number of anilines is 1. The number of para-hydroxylation sites is 1. The van der Waals surface area contributed by atoms with Crippen LogP contribution >= 0.6 is 0 Å². The summed E-state index contributed by atoms with van der Waals surface area (Å²) in [4.78, 5) is 2.37. The van der Waals surface area contributed by atoms with Crippen LogP contribution in [0.3, 0.4) is 0 Å². The van der Waals surface area contributed by atoms with Gasteiger partial charge in [0.1, 0.15) is 0 Å². The predicted molar refractivity (Wildman–Crippen MR) is 96.6 cm³/mol. The van der Waals surface area contributed by atoms with Crippen LogP contribution in [-0.2, 0) is 6.54 Å². The zero-order valence-corrected chi connectivity index (χ0v) is 13.9. The maximum atomic E-state index is 8.15. The van der Waals surface area contributed by atoms with Gasteiger partial charge in [-0.25, -0.2) is 0 Å². The van der Waals surface area contributed by atoms with Gasteiger partial charge in [-0.05, 0) is 24.6 Å². The molecule has 0 saturated carbocycles. The zero-order chi connectivity index (χ0) is 16.8. The van der Waals surface area contributed by atoms with Crippen molar-refractivity contribution in [2.45, 2.75) is 13.5 Å². The van der Waals surface area contributed by atoms with E-state index in [1.165, 1.54) is 11.3 Å². The summed E-state index contributed by atoms with van der Waals surface area (Å²) in [5, 5.41) is 19.1. The molecule has 23 heavy (non-hydrogen) atoms. The van der Waals surface area contributed by atoms with Gasteiger partial charge < -0.3 is 20.4 Å². The van der Waals surface area contributed by atoms with E-state index in [0.29, 0.717) is 13.1 Å². The van der Waals surface area contributed by atoms with Crippen molar-refractivity contribution in [2.24, 2.45) is 0 Å². The Kier molecular flexibility index (Phi) is 10.5. The van der Waals surface area contributed by atoms with Crippen LogP contribution in [0.5, 0.6) is 0 Å². The number of hydrogen-bond donors (Lipinski definition) is 3. The van der Waals surface area contributed by atoms with Crippen LogP contribution in [0.25, 0.3) is 0 Å².